The van der Waals surface area contributed by atoms with Crippen molar-refractivity contribution in [1.82, 2.24) is 15.1 Å². The van der Waals surface area contributed by atoms with Gasteiger partial charge in [-0.05, 0) is 38.8 Å². The van der Waals surface area contributed by atoms with Gasteiger partial charge >= 0.3 is 0 Å². The smallest absolute Gasteiger partial charge is 0.229 e. The molecule has 2 fully saturated rings. The number of amides is 1. The molecule has 1 saturated carbocycles. The van der Waals surface area contributed by atoms with Gasteiger partial charge in [0.05, 0.1) is 6.07 Å². The summed E-state index contributed by atoms with van der Waals surface area (Å²) in [4.78, 5) is 14.7. The maximum atomic E-state index is 12.4. The third-order valence-electron chi connectivity index (χ3n) is 5.12. The van der Waals surface area contributed by atoms with E-state index in [1.807, 2.05) is 0 Å². The molecule has 7 heteroatoms. The number of piperidine rings is 1. The summed E-state index contributed by atoms with van der Waals surface area (Å²) < 4.78 is 0. The minimum atomic E-state index is 0.0466. The van der Waals surface area contributed by atoms with Gasteiger partial charge in [-0.2, -0.15) is 5.26 Å². The van der Waals surface area contributed by atoms with Crippen LogP contribution in [0.25, 0.3) is 0 Å². The monoisotopic (exact) mass is 347 g/mol. The zero-order valence-electron chi connectivity index (χ0n) is 14.0. The van der Waals surface area contributed by atoms with E-state index in [1.54, 1.807) is 11.3 Å². The molecule has 3 rings (SSSR count). The molecular formula is C17H25N5OS. The SMILES string of the molecule is N#CCCN1CCC(C(=O)Nc2nnc(C3CCCCC3)s2)CC1. The molecule has 130 valence electrons. The number of nitriles is 1. The number of carbonyl (C=O) groups excluding carboxylic acids is 1. The van der Waals surface area contributed by atoms with E-state index in [0.29, 0.717) is 17.5 Å². The molecular weight excluding hydrogens is 322 g/mol. The fourth-order valence-electron chi connectivity index (χ4n) is 3.63. The maximum absolute atomic E-state index is 12.4. The Balaban J connectivity index is 1.47. The highest BCUT2D eigenvalue weighted by molar-refractivity contribution is 7.15. The van der Waals surface area contributed by atoms with Crippen LogP contribution in [-0.2, 0) is 4.79 Å². The highest BCUT2D eigenvalue weighted by atomic mass is 32.1. The highest BCUT2D eigenvalue weighted by Crippen LogP contribution is 2.35. The number of carbonyl (C=O) groups is 1. The van der Waals surface area contributed by atoms with Gasteiger partial charge in [0.15, 0.2) is 0 Å². The van der Waals surface area contributed by atoms with Crippen molar-refractivity contribution in [2.24, 2.45) is 5.92 Å². The van der Waals surface area contributed by atoms with Gasteiger partial charge in [0.2, 0.25) is 11.0 Å². The van der Waals surface area contributed by atoms with Crippen molar-refractivity contribution in [3.05, 3.63) is 5.01 Å². The standard InChI is InChI=1S/C17H25N5OS/c18-9-4-10-22-11-7-13(8-12-22)15(23)19-17-21-20-16(24-17)14-5-2-1-3-6-14/h13-14H,1-8,10-12H2,(H,19,21,23). The molecule has 0 unspecified atom stereocenters. The van der Waals surface area contributed by atoms with Gasteiger partial charge in [-0.25, -0.2) is 0 Å². The minimum absolute atomic E-state index is 0.0466. The molecule has 1 saturated heterocycles. The van der Waals surface area contributed by atoms with Crippen LogP contribution in [0.3, 0.4) is 0 Å². The summed E-state index contributed by atoms with van der Waals surface area (Å²) in [5.41, 5.74) is 0. The average molecular weight is 347 g/mol. The number of likely N-dealkylation sites (tertiary alicyclic amines) is 1. The summed E-state index contributed by atoms with van der Waals surface area (Å²) in [6, 6.07) is 2.18. The first kappa shape index (κ1) is 17.3. The fourth-order valence-corrected chi connectivity index (χ4v) is 4.55. The van der Waals surface area contributed by atoms with E-state index in [9.17, 15) is 4.79 Å². The minimum Gasteiger partial charge on any atom is -0.302 e. The molecule has 2 heterocycles. The zero-order valence-corrected chi connectivity index (χ0v) is 14.9. The van der Waals surface area contributed by atoms with Crippen molar-refractivity contribution in [1.29, 1.82) is 5.26 Å². The van der Waals surface area contributed by atoms with Gasteiger partial charge in [0.25, 0.3) is 0 Å². The van der Waals surface area contributed by atoms with Crippen molar-refractivity contribution in [3.8, 4) is 6.07 Å². The van der Waals surface area contributed by atoms with Crippen LogP contribution in [0, 0.1) is 17.2 Å². The van der Waals surface area contributed by atoms with E-state index in [0.717, 1.165) is 37.5 Å². The number of nitrogens with zero attached hydrogens (tertiary/aromatic N) is 4. The molecule has 0 aromatic carbocycles. The van der Waals surface area contributed by atoms with Crippen LogP contribution in [0.15, 0.2) is 0 Å². The normalized spacial score (nSPS) is 20.6. The second-order valence-corrected chi connectivity index (χ2v) is 7.80. The van der Waals surface area contributed by atoms with E-state index >= 15 is 0 Å². The Morgan fingerprint density at radius 3 is 2.67 bits per heavy atom. The summed E-state index contributed by atoms with van der Waals surface area (Å²) >= 11 is 1.54. The van der Waals surface area contributed by atoms with Gasteiger partial charge in [0.1, 0.15) is 5.01 Å². The van der Waals surface area contributed by atoms with Crippen LogP contribution in [0.1, 0.15) is 62.3 Å². The number of aromatic nitrogens is 2. The molecule has 1 aromatic heterocycles. The largest absolute Gasteiger partial charge is 0.302 e. The molecule has 1 aliphatic heterocycles. The van der Waals surface area contributed by atoms with E-state index in [2.05, 4.69) is 26.5 Å². The predicted molar refractivity (Wildman–Crippen MR) is 93.8 cm³/mol. The Bertz CT molecular complexity index is 582. The summed E-state index contributed by atoms with van der Waals surface area (Å²) in [6.45, 7) is 2.60. The summed E-state index contributed by atoms with van der Waals surface area (Å²) in [5, 5.41) is 21.8. The Morgan fingerprint density at radius 1 is 1.21 bits per heavy atom. The van der Waals surface area contributed by atoms with Crippen molar-refractivity contribution in [2.45, 2.75) is 57.3 Å². The Morgan fingerprint density at radius 2 is 1.96 bits per heavy atom. The van der Waals surface area contributed by atoms with Crippen molar-refractivity contribution in [2.75, 3.05) is 25.0 Å². The average Bonchev–Trinajstić information content (AvgIpc) is 3.09. The Labute approximate surface area is 147 Å². The number of hydrogen-bond donors (Lipinski definition) is 1. The van der Waals surface area contributed by atoms with Crippen LogP contribution in [0.5, 0.6) is 0 Å². The van der Waals surface area contributed by atoms with E-state index in [-0.39, 0.29) is 11.8 Å². The summed E-state index contributed by atoms with van der Waals surface area (Å²) in [6.07, 6.45) is 8.54. The third-order valence-corrected chi connectivity index (χ3v) is 6.12. The van der Waals surface area contributed by atoms with Crippen LogP contribution < -0.4 is 5.32 Å². The molecule has 1 amide bonds. The Kier molecular flexibility index (Phi) is 6.16. The fraction of sp³-hybridized carbons (Fsp3) is 0.765. The third kappa shape index (κ3) is 4.52. The summed E-state index contributed by atoms with van der Waals surface area (Å²) in [7, 11) is 0. The molecule has 0 radical (unpaired) electrons. The van der Waals surface area contributed by atoms with Gasteiger partial charge in [-0.1, -0.05) is 30.6 Å². The number of anilines is 1. The molecule has 1 aliphatic carbocycles. The molecule has 0 spiro atoms. The zero-order chi connectivity index (χ0) is 16.8. The number of hydrogen-bond acceptors (Lipinski definition) is 6. The molecule has 1 N–H and O–H groups in total. The first-order valence-electron chi connectivity index (χ1n) is 9.00. The van der Waals surface area contributed by atoms with Crippen molar-refractivity contribution in [3.63, 3.8) is 0 Å². The molecule has 6 nitrogen and oxygen atoms in total. The van der Waals surface area contributed by atoms with Crippen LogP contribution in [-0.4, -0.2) is 40.6 Å². The van der Waals surface area contributed by atoms with Crippen LogP contribution >= 0.6 is 11.3 Å². The highest BCUT2D eigenvalue weighted by Gasteiger charge is 2.26. The van der Waals surface area contributed by atoms with Gasteiger partial charge in [-0.15, -0.1) is 10.2 Å². The quantitative estimate of drug-likeness (QED) is 0.885. The number of nitrogens with one attached hydrogen (secondary N) is 1. The molecule has 0 atom stereocenters. The topological polar surface area (TPSA) is 81.9 Å². The van der Waals surface area contributed by atoms with Crippen LogP contribution in [0.2, 0.25) is 0 Å². The van der Waals surface area contributed by atoms with Gasteiger partial charge in [-0.3, -0.25) is 4.79 Å². The lowest BCUT2D eigenvalue weighted by Gasteiger charge is -2.30. The molecule has 1 aromatic rings. The molecule has 2 aliphatic rings. The van der Waals surface area contributed by atoms with Gasteiger partial charge in [0, 0.05) is 24.8 Å². The summed E-state index contributed by atoms with van der Waals surface area (Å²) in [5.74, 6) is 0.650. The van der Waals surface area contributed by atoms with Gasteiger partial charge < -0.3 is 10.2 Å². The second kappa shape index (κ2) is 8.54. The van der Waals surface area contributed by atoms with Crippen LogP contribution in [0.4, 0.5) is 5.13 Å². The van der Waals surface area contributed by atoms with Crippen molar-refractivity contribution < 1.29 is 4.79 Å². The lowest BCUT2D eigenvalue weighted by atomic mass is 9.90. The molecule has 0 bridgehead atoms. The lowest BCUT2D eigenvalue weighted by molar-refractivity contribution is -0.121. The lowest BCUT2D eigenvalue weighted by Crippen LogP contribution is -2.38. The molecule has 24 heavy (non-hydrogen) atoms. The predicted octanol–water partition coefficient (Wildman–Crippen LogP) is 3.15. The number of rotatable bonds is 5. The second-order valence-electron chi connectivity index (χ2n) is 6.79. The van der Waals surface area contributed by atoms with E-state index < -0.39 is 0 Å². The Hall–Kier alpha value is -1.52. The maximum Gasteiger partial charge on any atom is 0.229 e. The van der Waals surface area contributed by atoms with Crippen molar-refractivity contribution >= 4 is 22.4 Å². The first-order chi connectivity index (χ1) is 11.8. The first-order valence-corrected chi connectivity index (χ1v) is 9.81. The van der Waals surface area contributed by atoms with E-state index in [1.165, 1.54) is 32.1 Å². The van der Waals surface area contributed by atoms with E-state index in [4.69, 9.17) is 5.26 Å².